The molecular weight excluding hydrogens is 460 g/mol. The van der Waals surface area contributed by atoms with E-state index in [1.54, 1.807) is 9.80 Å². The maximum absolute atomic E-state index is 14.1. The van der Waals surface area contributed by atoms with Crippen molar-refractivity contribution >= 4 is 29.4 Å². The van der Waals surface area contributed by atoms with Gasteiger partial charge in [0.15, 0.2) is 0 Å². The molecule has 3 amide bonds. The van der Waals surface area contributed by atoms with Crippen LogP contribution >= 0.6 is 11.6 Å². The molecule has 1 N–H and O–H groups in total. The van der Waals surface area contributed by atoms with Gasteiger partial charge in [-0.3, -0.25) is 14.7 Å². The van der Waals surface area contributed by atoms with E-state index < -0.39 is 0 Å². The van der Waals surface area contributed by atoms with Crippen molar-refractivity contribution in [1.82, 2.24) is 15.1 Å². The zero-order chi connectivity index (χ0) is 24.5. The zero-order valence-electron chi connectivity index (χ0n) is 19.7. The number of hydrogen-bond acceptors (Lipinski definition) is 3. The number of aliphatic imine (C=N–C) groups is 1. The summed E-state index contributed by atoms with van der Waals surface area (Å²) in [5.74, 6) is 0.463. The molecule has 0 saturated carbocycles. The Hall–Kier alpha value is -3.64. The molecule has 3 aromatic rings. The number of amides is 3. The SMILES string of the molecule is Cc1cccc(C2C(c3ccc(Cl)cc3)N=C(c3ccccc3C)N2C(=O)N2CCNC(=O)C2)c1. The fourth-order valence-electron chi connectivity index (χ4n) is 4.83. The highest BCUT2D eigenvalue weighted by Gasteiger charge is 2.44. The summed E-state index contributed by atoms with van der Waals surface area (Å²) in [6.07, 6.45) is 0. The molecule has 1 saturated heterocycles. The number of nitrogens with zero attached hydrogens (tertiary/aromatic N) is 3. The second-order valence-corrected chi connectivity index (χ2v) is 9.48. The topological polar surface area (TPSA) is 65.0 Å². The number of carbonyl (C=O) groups excluding carboxylic acids is 2. The number of aryl methyl sites for hydroxylation is 2. The molecule has 0 spiro atoms. The molecule has 5 rings (SSSR count). The van der Waals surface area contributed by atoms with E-state index in [-0.39, 0.29) is 30.6 Å². The summed E-state index contributed by atoms with van der Waals surface area (Å²) in [6, 6.07) is 22.9. The number of piperazine rings is 1. The summed E-state index contributed by atoms with van der Waals surface area (Å²) in [5.41, 5.74) is 4.99. The Bertz CT molecular complexity index is 1300. The predicted octanol–water partition coefficient (Wildman–Crippen LogP) is 5.05. The van der Waals surface area contributed by atoms with E-state index in [9.17, 15) is 9.59 Å². The second-order valence-electron chi connectivity index (χ2n) is 9.05. The van der Waals surface area contributed by atoms with Crippen molar-refractivity contribution in [3.05, 3.63) is 106 Å². The molecule has 35 heavy (non-hydrogen) atoms. The van der Waals surface area contributed by atoms with E-state index in [1.807, 2.05) is 80.6 Å². The molecule has 2 atom stereocenters. The number of halogens is 1. The molecule has 2 heterocycles. The van der Waals surface area contributed by atoms with Gasteiger partial charge >= 0.3 is 6.03 Å². The van der Waals surface area contributed by atoms with Gasteiger partial charge in [-0.15, -0.1) is 0 Å². The molecule has 2 aliphatic rings. The largest absolute Gasteiger partial charge is 0.353 e. The Kier molecular flexibility index (Phi) is 6.31. The first-order valence-electron chi connectivity index (χ1n) is 11.7. The van der Waals surface area contributed by atoms with E-state index >= 15 is 0 Å². The Balaban J connectivity index is 1.69. The van der Waals surface area contributed by atoms with Gasteiger partial charge in [-0.25, -0.2) is 4.79 Å². The molecule has 178 valence electrons. The lowest BCUT2D eigenvalue weighted by molar-refractivity contribution is -0.123. The summed E-state index contributed by atoms with van der Waals surface area (Å²) >= 11 is 6.19. The fraction of sp³-hybridized carbons (Fsp3) is 0.250. The molecule has 1 fully saturated rings. The third-order valence-electron chi connectivity index (χ3n) is 6.56. The lowest BCUT2D eigenvalue weighted by Gasteiger charge is -2.36. The molecule has 6 nitrogen and oxygen atoms in total. The van der Waals surface area contributed by atoms with Gasteiger partial charge in [0.25, 0.3) is 0 Å². The summed E-state index contributed by atoms with van der Waals surface area (Å²) in [5, 5.41) is 3.45. The van der Waals surface area contributed by atoms with Gasteiger partial charge in [-0.2, -0.15) is 0 Å². The number of benzene rings is 3. The van der Waals surface area contributed by atoms with Crippen molar-refractivity contribution in [3.8, 4) is 0 Å². The number of nitrogens with one attached hydrogen (secondary N) is 1. The van der Waals surface area contributed by atoms with Gasteiger partial charge in [-0.1, -0.05) is 77.8 Å². The predicted molar refractivity (Wildman–Crippen MR) is 138 cm³/mol. The average Bonchev–Trinajstić information content (AvgIpc) is 3.24. The van der Waals surface area contributed by atoms with Crippen LogP contribution in [0.5, 0.6) is 0 Å². The maximum atomic E-state index is 14.1. The average molecular weight is 487 g/mol. The first-order valence-corrected chi connectivity index (χ1v) is 12.1. The lowest BCUT2D eigenvalue weighted by Crippen LogP contribution is -2.55. The van der Waals surface area contributed by atoms with Crippen molar-refractivity contribution in [1.29, 1.82) is 0 Å². The highest BCUT2D eigenvalue weighted by atomic mass is 35.5. The van der Waals surface area contributed by atoms with Gasteiger partial charge in [0.2, 0.25) is 5.91 Å². The van der Waals surface area contributed by atoms with Crippen LogP contribution in [0, 0.1) is 13.8 Å². The molecule has 2 aliphatic heterocycles. The monoisotopic (exact) mass is 486 g/mol. The van der Waals surface area contributed by atoms with Crippen molar-refractivity contribution in [3.63, 3.8) is 0 Å². The third-order valence-corrected chi connectivity index (χ3v) is 6.81. The summed E-state index contributed by atoms with van der Waals surface area (Å²) < 4.78 is 0. The van der Waals surface area contributed by atoms with Crippen LogP contribution in [0.1, 0.15) is 39.9 Å². The van der Waals surface area contributed by atoms with Crippen LogP contribution in [-0.2, 0) is 4.79 Å². The number of rotatable bonds is 3. The van der Waals surface area contributed by atoms with Crippen LogP contribution in [0.25, 0.3) is 0 Å². The Labute approximate surface area is 210 Å². The van der Waals surface area contributed by atoms with Crippen LogP contribution in [0.3, 0.4) is 0 Å². The summed E-state index contributed by atoms with van der Waals surface area (Å²) in [4.78, 5) is 34.8. The van der Waals surface area contributed by atoms with Crippen LogP contribution in [-0.4, -0.2) is 47.2 Å². The van der Waals surface area contributed by atoms with Gasteiger partial charge in [0, 0.05) is 23.7 Å². The Morgan fingerprint density at radius 3 is 2.49 bits per heavy atom. The van der Waals surface area contributed by atoms with E-state index in [2.05, 4.69) is 11.4 Å². The first kappa shape index (κ1) is 23.1. The summed E-state index contributed by atoms with van der Waals surface area (Å²) in [7, 11) is 0. The highest BCUT2D eigenvalue weighted by Crippen LogP contribution is 2.44. The van der Waals surface area contributed by atoms with Crippen molar-refractivity contribution < 1.29 is 9.59 Å². The highest BCUT2D eigenvalue weighted by molar-refractivity contribution is 6.30. The van der Waals surface area contributed by atoms with E-state index in [1.165, 1.54) is 0 Å². The van der Waals surface area contributed by atoms with Crippen LogP contribution in [0.4, 0.5) is 4.79 Å². The second kappa shape index (κ2) is 9.55. The van der Waals surface area contributed by atoms with Gasteiger partial charge < -0.3 is 10.2 Å². The Morgan fingerprint density at radius 1 is 1.00 bits per heavy atom. The molecule has 2 unspecified atom stereocenters. The summed E-state index contributed by atoms with van der Waals surface area (Å²) in [6.45, 7) is 4.98. The van der Waals surface area contributed by atoms with Crippen LogP contribution < -0.4 is 5.32 Å². The first-order chi connectivity index (χ1) is 16.9. The van der Waals surface area contributed by atoms with Crippen molar-refractivity contribution in [2.45, 2.75) is 25.9 Å². The molecule has 7 heteroatoms. The lowest BCUT2D eigenvalue weighted by atomic mass is 9.93. The Morgan fingerprint density at radius 2 is 1.77 bits per heavy atom. The molecular formula is C28H27ClN4O2. The molecule has 3 aromatic carbocycles. The van der Waals surface area contributed by atoms with Gasteiger partial charge in [0.1, 0.15) is 18.4 Å². The number of amidine groups is 1. The quantitative estimate of drug-likeness (QED) is 0.562. The minimum atomic E-state index is -0.372. The fourth-order valence-corrected chi connectivity index (χ4v) is 4.95. The normalized spacial score (nSPS) is 20.0. The number of hydrogen-bond donors (Lipinski definition) is 1. The molecule has 0 bridgehead atoms. The zero-order valence-corrected chi connectivity index (χ0v) is 20.5. The molecule has 0 radical (unpaired) electrons. The van der Waals surface area contributed by atoms with E-state index in [4.69, 9.17) is 16.6 Å². The van der Waals surface area contributed by atoms with Crippen molar-refractivity contribution in [2.75, 3.05) is 19.6 Å². The maximum Gasteiger partial charge on any atom is 0.326 e. The standard InChI is InChI=1S/C28H27ClN4O2/c1-18-6-5-8-21(16-18)26-25(20-10-12-22(29)13-11-20)31-27(23-9-4-3-7-19(23)2)33(26)28(35)32-15-14-30-24(34)17-32/h3-13,16,25-26H,14-15,17H2,1-2H3,(H,30,34). The van der Waals surface area contributed by atoms with Gasteiger partial charge in [-0.05, 0) is 42.7 Å². The van der Waals surface area contributed by atoms with Crippen LogP contribution in [0.2, 0.25) is 5.02 Å². The van der Waals surface area contributed by atoms with Crippen LogP contribution in [0.15, 0.2) is 77.8 Å². The number of urea groups is 1. The van der Waals surface area contributed by atoms with E-state index in [0.717, 1.165) is 27.8 Å². The van der Waals surface area contributed by atoms with Gasteiger partial charge in [0.05, 0.1) is 6.04 Å². The minimum Gasteiger partial charge on any atom is -0.353 e. The molecule has 0 aromatic heterocycles. The van der Waals surface area contributed by atoms with Crippen molar-refractivity contribution in [2.24, 2.45) is 4.99 Å². The smallest absolute Gasteiger partial charge is 0.326 e. The third kappa shape index (κ3) is 4.54. The number of carbonyl (C=O) groups is 2. The minimum absolute atomic E-state index is 0.0303. The molecule has 0 aliphatic carbocycles. The van der Waals surface area contributed by atoms with E-state index in [0.29, 0.717) is 23.9 Å².